The second kappa shape index (κ2) is 7.81. The van der Waals surface area contributed by atoms with Gasteiger partial charge in [0.25, 0.3) is 0 Å². The fourth-order valence-corrected chi connectivity index (χ4v) is 4.75. The molecular formula is C23H26N2OS. The summed E-state index contributed by atoms with van der Waals surface area (Å²) in [6, 6.07) is 12.8. The van der Waals surface area contributed by atoms with E-state index in [1.54, 1.807) is 11.3 Å². The second-order valence-electron chi connectivity index (χ2n) is 7.89. The number of ketones is 1. The zero-order chi connectivity index (χ0) is 18.8. The van der Waals surface area contributed by atoms with Crippen molar-refractivity contribution in [3.63, 3.8) is 0 Å². The summed E-state index contributed by atoms with van der Waals surface area (Å²) in [5.74, 6) is 1.34. The number of aromatic nitrogens is 1. The molecule has 0 aliphatic carbocycles. The van der Waals surface area contributed by atoms with Crippen LogP contribution in [-0.4, -0.2) is 23.9 Å². The number of pyridine rings is 1. The highest BCUT2D eigenvalue weighted by atomic mass is 32.1. The SMILES string of the molecule is CC(C)c1ccc(CC(=O)CC2CCN(c3ccnc4sccc34)C2)cc1. The van der Waals surface area contributed by atoms with E-state index in [-0.39, 0.29) is 0 Å². The molecule has 1 aliphatic rings. The topological polar surface area (TPSA) is 33.2 Å². The van der Waals surface area contributed by atoms with Crippen LogP contribution in [0.1, 0.15) is 43.7 Å². The molecule has 1 aliphatic heterocycles. The highest BCUT2D eigenvalue weighted by molar-refractivity contribution is 7.16. The molecule has 0 bridgehead atoms. The van der Waals surface area contributed by atoms with Crippen molar-refractivity contribution in [2.24, 2.45) is 5.92 Å². The van der Waals surface area contributed by atoms with E-state index in [4.69, 9.17) is 0 Å². The third-order valence-electron chi connectivity index (χ3n) is 5.54. The minimum absolute atomic E-state index is 0.356. The summed E-state index contributed by atoms with van der Waals surface area (Å²) in [7, 11) is 0. The number of hydrogen-bond donors (Lipinski definition) is 0. The molecule has 1 aromatic carbocycles. The van der Waals surface area contributed by atoms with Gasteiger partial charge in [-0.3, -0.25) is 4.79 Å². The van der Waals surface area contributed by atoms with Gasteiger partial charge in [0.2, 0.25) is 0 Å². The molecule has 0 saturated carbocycles. The van der Waals surface area contributed by atoms with E-state index >= 15 is 0 Å². The third-order valence-corrected chi connectivity index (χ3v) is 6.36. The Morgan fingerprint density at radius 3 is 2.81 bits per heavy atom. The van der Waals surface area contributed by atoms with Crippen LogP contribution in [0.25, 0.3) is 10.2 Å². The summed E-state index contributed by atoms with van der Waals surface area (Å²) in [5, 5.41) is 3.34. The molecule has 4 rings (SSSR count). The van der Waals surface area contributed by atoms with Crippen LogP contribution in [-0.2, 0) is 11.2 Å². The number of nitrogens with zero attached hydrogens (tertiary/aromatic N) is 2. The largest absolute Gasteiger partial charge is 0.371 e. The van der Waals surface area contributed by atoms with E-state index < -0.39 is 0 Å². The van der Waals surface area contributed by atoms with E-state index in [0.717, 1.165) is 29.9 Å². The summed E-state index contributed by atoms with van der Waals surface area (Å²) in [6.45, 7) is 6.38. The van der Waals surface area contributed by atoms with E-state index in [9.17, 15) is 4.79 Å². The molecule has 3 nitrogen and oxygen atoms in total. The van der Waals surface area contributed by atoms with Gasteiger partial charge in [0.15, 0.2) is 0 Å². The number of rotatable bonds is 6. The van der Waals surface area contributed by atoms with Crippen molar-refractivity contribution in [3.8, 4) is 0 Å². The molecular weight excluding hydrogens is 352 g/mol. The van der Waals surface area contributed by atoms with Crippen LogP contribution < -0.4 is 4.90 Å². The normalized spacial score (nSPS) is 17.1. The van der Waals surface area contributed by atoms with Crippen LogP contribution in [0.2, 0.25) is 0 Å². The van der Waals surface area contributed by atoms with Crippen molar-refractivity contribution in [1.29, 1.82) is 0 Å². The molecule has 140 valence electrons. The van der Waals surface area contributed by atoms with Crippen molar-refractivity contribution in [1.82, 2.24) is 4.98 Å². The number of anilines is 1. The first-order valence-corrected chi connectivity index (χ1v) is 10.7. The molecule has 0 amide bonds. The van der Waals surface area contributed by atoms with Crippen molar-refractivity contribution in [2.45, 2.75) is 39.0 Å². The molecule has 3 aromatic rings. The van der Waals surface area contributed by atoms with Crippen LogP contribution in [0.5, 0.6) is 0 Å². The van der Waals surface area contributed by atoms with Gasteiger partial charge in [-0.1, -0.05) is 38.1 Å². The Hall–Kier alpha value is -2.20. The average Bonchev–Trinajstić information content (AvgIpc) is 3.31. The minimum Gasteiger partial charge on any atom is -0.371 e. The lowest BCUT2D eigenvalue weighted by Crippen LogP contribution is -2.21. The summed E-state index contributed by atoms with van der Waals surface area (Å²) in [5.41, 5.74) is 3.73. The number of carbonyl (C=O) groups is 1. The van der Waals surface area contributed by atoms with Gasteiger partial charge in [-0.2, -0.15) is 0 Å². The Morgan fingerprint density at radius 2 is 2.04 bits per heavy atom. The molecule has 2 aromatic heterocycles. The first-order chi connectivity index (χ1) is 13.1. The molecule has 3 heterocycles. The van der Waals surface area contributed by atoms with Crippen LogP contribution in [0.3, 0.4) is 0 Å². The number of carbonyl (C=O) groups excluding carboxylic acids is 1. The molecule has 0 spiro atoms. The maximum Gasteiger partial charge on any atom is 0.137 e. The Labute approximate surface area is 165 Å². The van der Waals surface area contributed by atoms with Gasteiger partial charge in [0.05, 0.1) is 0 Å². The maximum atomic E-state index is 12.6. The Balaban J connectivity index is 1.35. The fourth-order valence-electron chi connectivity index (χ4n) is 4.00. The molecule has 1 unspecified atom stereocenters. The van der Waals surface area contributed by atoms with Gasteiger partial charge < -0.3 is 4.90 Å². The van der Waals surface area contributed by atoms with E-state index in [0.29, 0.717) is 30.5 Å². The summed E-state index contributed by atoms with van der Waals surface area (Å²) < 4.78 is 0. The van der Waals surface area contributed by atoms with Crippen LogP contribution in [0.15, 0.2) is 48.0 Å². The molecule has 1 atom stereocenters. The maximum absolute atomic E-state index is 12.6. The number of fused-ring (bicyclic) bond motifs is 1. The lowest BCUT2D eigenvalue weighted by atomic mass is 9.96. The van der Waals surface area contributed by atoms with Crippen LogP contribution in [0.4, 0.5) is 5.69 Å². The van der Waals surface area contributed by atoms with Crippen molar-refractivity contribution >= 4 is 33.0 Å². The van der Waals surface area contributed by atoms with Gasteiger partial charge in [-0.15, -0.1) is 11.3 Å². The van der Waals surface area contributed by atoms with Crippen molar-refractivity contribution in [3.05, 3.63) is 59.1 Å². The van der Waals surface area contributed by atoms with Gasteiger partial charge >= 0.3 is 0 Å². The molecule has 27 heavy (non-hydrogen) atoms. The quantitative estimate of drug-likeness (QED) is 0.572. The number of benzene rings is 1. The molecule has 1 saturated heterocycles. The van der Waals surface area contributed by atoms with Gasteiger partial charge in [0.1, 0.15) is 10.6 Å². The molecule has 1 fully saturated rings. The monoisotopic (exact) mass is 378 g/mol. The summed E-state index contributed by atoms with van der Waals surface area (Å²) >= 11 is 1.68. The minimum atomic E-state index is 0.356. The lowest BCUT2D eigenvalue weighted by molar-refractivity contribution is -0.119. The highest BCUT2D eigenvalue weighted by Crippen LogP contribution is 2.33. The van der Waals surface area contributed by atoms with E-state index in [1.807, 2.05) is 6.20 Å². The zero-order valence-corrected chi connectivity index (χ0v) is 16.8. The van der Waals surface area contributed by atoms with Gasteiger partial charge in [-0.05, 0) is 46.9 Å². The summed E-state index contributed by atoms with van der Waals surface area (Å²) in [6.07, 6.45) is 4.22. The van der Waals surface area contributed by atoms with Gasteiger partial charge in [-0.25, -0.2) is 4.98 Å². The fraction of sp³-hybridized carbons (Fsp3) is 0.391. The van der Waals surface area contributed by atoms with Gasteiger partial charge in [0, 0.05) is 43.2 Å². The predicted molar refractivity (Wildman–Crippen MR) is 114 cm³/mol. The lowest BCUT2D eigenvalue weighted by Gasteiger charge is -2.19. The van der Waals surface area contributed by atoms with Crippen molar-refractivity contribution in [2.75, 3.05) is 18.0 Å². The zero-order valence-electron chi connectivity index (χ0n) is 16.0. The summed E-state index contributed by atoms with van der Waals surface area (Å²) in [4.78, 5) is 20.5. The predicted octanol–water partition coefficient (Wildman–Crippen LogP) is 5.45. The average molecular weight is 379 g/mol. The first-order valence-electron chi connectivity index (χ1n) is 9.78. The Bertz CT molecular complexity index is 929. The number of hydrogen-bond acceptors (Lipinski definition) is 4. The second-order valence-corrected chi connectivity index (χ2v) is 8.78. The molecule has 0 radical (unpaired) electrons. The molecule has 4 heteroatoms. The first kappa shape index (κ1) is 18.2. The van der Waals surface area contributed by atoms with E-state index in [1.165, 1.54) is 16.6 Å². The smallest absolute Gasteiger partial charge is 0.137 e. The number of Topliss-reactive ketones (excluding diaryl/α,β-unsaturated/α-hetero) is 1. The van der Waals surface area contributed by atoms with Crippen molar-refractivity contribution < 1.29 is 4.79 Å². The van der Waals surface area contributed by atoms with Crippen LogP contribution in [0, 0.1) is 5.92 Å². The van der Waals surface area contributed by atoms with E-state index in [2.05, 4.69) is 65.5 Å². The number of thiophene rings is 1. The Morgan fingerprint density at radius 1 is 1.22 bits per heavy atom. The van der Waals surface area contributed by atoms with Crippen LogP contribution >= 0.6 is 11.3 Å². The Kier molecular flexibility index (Phi) is 5.26. The third kappa shape index (κ3) is 4.06. The standard InChI is InChI=1S/C23H26N2OS/c1-16(2)19-5-3-17(4-6-19)13-20(26)14-18-8-11-25(15-18)22-7-10-24-23-21(22)9-12-27-23/h3-7,9-10,12,16,18H,8,11,13-15H2,1-2H3. The highest BCUT2D eigenvalue weighted by Gasteiger charge is 2.26. The molecule has 0 N–H and O–H groups in total.